The first-order valence-electron chi connectivity index (χ1n) is 5.79. The Morgan fingerprint density at radius 1 is 1.21 bits per heavy atom. The SMILES string of the molecule is COc1cccc(NC(C#N)c2ccccc2Cl)c1. The number of methoxy groups -OCH3 is 1. The van der Waals surface area contributed by atoms with E-state index in [0.717, 1.165) is 17.0 Å². The van der Waals surface area contributed by atoms with Gasteiger partial charge in [-0.05, 0) is 18.2 Å². The van der Waals surface area contributed by atoms with E-state index in [-0.39, 0.29) is 0 Å². The van der Waals surface area contributed by atoms with Crippen LogP contribution in [0.4, 0.5) is 5.69 Å². The highest BCUT2D eigenvalue weighted by atomic mass is 35.5. The molecule has 1 N–H and O–H groups in total. The Morgan fingerprint density at radius 2 is 2.00 bits per heavy atom. The van der Waals surface area contributed by atoms with Crippen LogP contribution in [0.1, 0.15) is 11.6 Å². The van der Waals surface area contributed by atoms with Gasteiger partial charge < -0.3 is 10.1 Å². The predicted octanol–water partition coefficient (Wildman–Crippen LogP) is 4.03. The van der Waals surface area contributed by atoms with Crippen LogP contribution in [0.15, 0.2) is 48.5 Å². The molecular weight excluding hydrogens is 260 g/mol. The lowest BCUT2D eigenvalue weighted by atomic mass is 10.1. The van der Waals surface area contributed by atoms with Crippen molar-refractivity contribution in [2.45, 2.75) is 6.04 Å². The number of nitriles is 1. The second kappa shape index (κ2) is 6.12. The molecule has 0 saturated heterocycles. The van der Waals surface area contributed by atoms with Crippen LogP contribution in [-0.4, -0.2) is 7.11 Å². The lowest BCUT2D eigenvalue weighted by Gasteiger charge is -2.15. The topological polar surface area (TPSA) is 45.0 Å². The summed E-state index contributed by atoms with van der Waals surface area (Å²) in [5.41, 5.74) is 1.57. The molecule has 2 rings (SSSR count). The van der Waals surface area contributed by atoms with Crippen molar-refractivity contribution >= 4 is 17.3 Å². The summed E-state index contributed by atoms with van der Waals surface area (Å²) in [6.45, 7) is 0. The third-order valence-electron chi connectivity index (χ3n) is 2.73. The van der Waals surface area contributed by atoms with E-state index in [0.29, 0.717) is 5.02 Å². The summed E-state index contributed by atoms with van der Waals surface area (Å²) in [7, 11) is 1.61. The Balaban J connectivity index is 2.25. The second-order valence-corrected chi connectivity index (χ2v) is 4.37. The molecule has 0 heterocycles. The highest BCUT2D eigenvalue weighted by Crippen LogP contribution is 2.26. The third kappa shape index (κ3) is 3.18. The fraction of sp³-hybridized carbons (Fsp3) is 0.133. The number of ether oxygens (including phenoxy) is 1. The quantitative estimate of drug-likeness (QED) is 0.914. The largest absolute Gasteiger partial charge is 0.497 e. The van der Waals surface area contributed by atoms with Gasteiger partial charge in [0.2, 0.25) is 0 Å². The highest BCUT2D eigenvalue weighted by Gasteiger charge is 2.13. The molecule has 4 heteroatoms. The van der Waals surface area contributed by atoms with Gasteiger partial charge in [0.25, 0.3) is 0 Å². The molecule has 0 aliphatic heterocycles. The smallest absolute Gasteiger partial charge is 0.141 e. The Hall–Kier alpha value is -2.18. The summed E-state index contributed by atoms with van der Waals surface area (Å²) in [6, 6.07) is 16.4. The molecule has 96 valence electrons. The maximum absolute atomic E-state index is 9.29. The van der Waals surface area contributed by atoms with E-state index >= 15 is 0 Å². The molecule has 3 nitrogen and oxygen atoms in total. The minimum Gasteiger partial charge on any atom is -0.497 e. The molecule has 2 aromatic carbocycles. The zero-order valence-corrected chi connectivity index (χ0v) is 11.2. The molecule has 0 bridgehead atoms. The van der Waals surface area contributed by atoms with Crippen LogP contribution in [0.25, 0.3) is 0 Å². The normalized spacial score (nSPS) is 11.4. The monoisotopic (exact) mass is 272 g/mol. The zero-order chi connectivity index (χ0) is 13.7. The zero-order valence-electron chi connectivity index (χ0n) is 10.4. The fourth-order valence-corrected chi connectivity index (χ4v) is 2.01. The molecule has 0 amide bonds. The van der Waals surface area contributed by atoms with E-state index in [1.807, 2.05) is 42.5 Å². The van der Waals surface area contributed by atoms with Crippen LogP contribution in [0.5, 0.6) is 5.75 Å². The molecular formula is C15H13ClN2O. The molecule has 19 heavy (non-hydrogen) atoms. The first-order chi connectivity index (χ1) is 9.24. The molecule has 0 aliphatic rings. The summed E-state index contributed by atoms with van der Waals surface area (Å²) in [5, 5.41) is 13.0. The van der Waals surface area contributed by atoms with Gasteiger partial charge in [-0.15, -0.1) is 0 Å². The minimum absolute atomic E-state index is 0.499. The van der Waals surface area contributed by atoms with Crippen molar-refractivity contribution in [3.8, 4) is 11.8 Å². The number of rotatable bonds is 4. The number of nitrogens with zero attached hydrogens (tertiary/aromatic N) is 1. The molecule has 1 unspecified atom stereocenters. The molecule has 2 aromatic rings. The van der Waals surface area contributed by atoms with Crippen LogP contribution >= 0.6 is 11.6 Å². The van der Waals surface area contributed by atoms with E-state index in [1.54, 1.807) is 13.2 Å². The highest BCUT2D eigenvalue weighted by molar-refractivity contribution is 6.31. The van der Waals surface area contributed by atoms with E-state index in [1.165, 1.54) is 0 Å². The van der Waals surface area contributed by atoms with Crippen LogP contribution in [0.2, 0.25) is 5.02 Å². The molecule has 0 spiro atoms. The van der Waals surface area contributed by atoms with E-state index in [2.05, 4.69) is 11.4 Å². The predicted molar refractivity (Wildman–Crippen MR) is 76.4 cm³/mol. The van der Waals surface area contributed by atoms with Crippen LogP contribution in [0.3, 0.4) is 0 Å². The van der Waals surface area contributed by atoms with Gasteiger partial charge in [-0.3, -0.25) is 0 Å². The Morgan fingerprint density at radius 3 is 2.68 bits per heavy atom. The van der Waals surface area contributed by atoms with Crippen molar-refractivity contribution in [1.82, 2.24) is 0 Å². The van der Waals surface area contributed by atoms with E-state index in [9.17, 15) is 5.26 Å². The lowest BCUT2D eigenvalue weighted by molar-refractivity contribution is 0.415. The molecule has 0 saturated carbocycles. The van der Waals surface area contributed by atoms with Gasteiger partial charge in [-0.2, -0.15) is 5.26 Å². The summed E-state index contributed by atoms with van der Waals surface area (Å²) < 4.78 is 5.15. The van der Waals surface area contributed by atoms with E-state index < -0.39 is 6.04 Å². The Kier molecular flexibility index (Phi) is 4.27. The van der Waals surface area contributed by atoms with Crippen molar-refractivity contribution in [2.75, 3.05) is 12.4 Å². The van der Waals surface area contributed by atoms with Gasteiger partial charge in [0, 0.05) is 22.3 Å². The van der Waals surface area contributed by atoms with Gasteiger partial charge in [-0.25, -0.2) is 0 Å². The Bertz CT molecular complexity index is 607. The van der Waals surface area contributed by atoms with Crippen LogP contribution < -0.4 is 10.1 Å². The number of anilines is 1. The number of benzene rings is 2. The standard InChI is InChI=1S/C15H13ClN2O/c1-19-12-6-4-5-11(9-12)18-15(10-17)13-7-2-3-8-14(13)16/h2-9,15,18H,1H3. The number of hydrogen-bond acceptors (Lipinski definition) is 3. The van der Waals surface area contributed by atoms with Crippen molar-refractivity contribution in [2.24, 2.45) is 0 Å². The van der Waals surface area contributed by atoms with E-state index in [4.69, 9.17) is 16.3 Å². The van der Waals surface area contributed by atoms with Gasteiger partial charge in [0.05, 0.1) is 13.2 Å². The molecule has 0 aliphatic carbocycles. The molecule has 1 atom stereocenters. The van der Waals surface area contributed by atoms with Crippen LogP contribution in [-0.2, 0) is 0 Å². The molecule has 0 radical (unpaired) electrons. The summed E-state index contributed by atoms with van der Waals surface area (Å²) in [6.07, 6.45) is 0. The minimum atomic E-state index is -0.499. The Labute approximate surface area is 117 Å². The van der Waals surface area contributed by atoms with Gasteiger partial charge >= 0.3 is 0 Å². The van der Waals surface area contributed by atoms with Gasteiger partial charge in [0.15, 0.2) is 0 Å². The lowest BCUT2D eigenvalue weighted by Crippen LogP contribution is -2.09. The number of nitrogens with one attached hydrogen (secondary N) is 1. The van der Waals surface area contributed by atoms with Crippen molar-refractivity contribution in [3.05, 3.63) is 59.1 Å². The molecule has 0 aromatic heterocycles. The van der Waals surface area contributed by atoms with Crippen molar-refractivity contribution in [3.63, 3.8) is 0 Å². The third-order valence-corrected chi connectivity index (χ3v) is 3.07. The average Bonchev–Trinajstić information content (AvgIpc) is 2.46. The number of halogens is 1. The van der Waals surface area contributed by atoms with Gasteiger partial charge in [-0.1, -0.05) is 35.9 Å². The van der Waals surface area contributed by atoms with Crippen molar-refractivity contribution in [1.29, 1.82) is 5.26 Å². The van der Waals surface area contributed by atoms with Crippen molar-refractivity contribution < 1.29 is 4.74 Å². The molecule has 0 fully saturated rings. The summed E-state index contributed by atoms with van der Waals surface area (Å²) >= 11 is 6.11. The van der Waals surface area contributed by atoms with Gasteiger partial charge in [0.1, 0.15) is 11.8 Å². The first kappa shape index (κ1) is 13.3. The average molecular weight is 273 g/mol. The number of hydrogen-bond donors (Lipinski definition) is 1. The summed E-state index contributed by atoms with van der Waals surface area (Å²) in [4.78, 5) is 0. The van der Waals surface area contributed by atoms with Crippen LogP contribution in [0, 0.1) is 11.3 Å². The fourth-order valence-electron chi connectivity index (χ4n) is 1.77. The maximum atomic E-state index is 9.29. The second-order valence-electron chi connectivity index (χ2n) is 3.96. The summed E-state index contributed by atoms with van der Waals surface area (Å²) in [5.74, 6) is 0.737. The maximum Gasteiger partial charge on any atom is 0.141 e. The first-order valence-corrected chi connectivity index (χ1v) is 6.17.